The summed E-state index contributed by atoms with van der Waals surface area (Å²) < 4.78 is 6.74. The molecule has 2 rings (SSSR count). The Labute approximate surface area is 120 Å². The van der Waals surface area contributed by atoms with E-state index in [1.165, 1.54) is 6.92 Å². The molecule has 0 heterocycles. The number of hydrogen-bond donors (Lipinski definition) is 1. The molecule has 2 aromatic rings. The van der Waals surface area contributed by atoms with E-state index < -0.39 is 0 Å². The summed E-state index contributed by atoms with van der Waals surface area (Å²) in [5, 5.41) is 0. The second-order valence-electron chi connectivity index (χ2n) is 4.32. The molecule has 0 bridgehead atoms. The monoisotopic (exact) mass is 319 g/mol. The molecule has 0 spiro atoms. The topological polar surface area (TPSA) is 52.3 Å². The van der Waals surface area contributed by atoms with Crippen LogP contribution in [0.5, 0.6) is 11.5 Å². The highest BCUT2D eigenvalue weighted by Crippen LogP contribution is 2.29. The van der Waals surface area contributed by atoms with Crippen molar-refractivity contribution in [2.45, 2.75) is 13.8 Å². The predicted octanol–water partition coefficient (Wildman–Crippen LogP) is 4.33. The van der Waals surface area contributed by atoms with Gasteiger partial charge in [0.25, 0.3) is 0 Å². The minimum absolute atomic E-state index is 0.0751. The number of benzene rings is 2. The zero-order chi connectivity index (χ0) is 14.0. The molecule has 0 saturated carbocycles. The standard InChI is InChI=1S/C15H14BrNO2/c1-9-3-4-11(16)7-15(9)19-12-5-6-14(17)13(8-12)10(2)18/h3-8H,17H2,1-2H3. The molecule has 0 aliphatic heterocycles. The first-order valence-corrected chi connectivity index (χ1v) is 6.61. The molecule has 0 fully saturated rings. The van der Waals surface area contributed by atoms with E-state index in [1.54, 1.807) is 18.2 Å². The van der Waals surface area contributed by atoms with Crippen LogP contribution in [0.1, 0.15) is 22.8 Å². The van der Waals surface area contributed by atoms with Crippen molar-refractivity contribution in [2.75, 3.05) is 5.73 Å². The van der Waals surface area contributed by atoms with Gasteiger partial charge >= 0.3 is 0 Å². The quantitative estimate of drug-likeness (QED) is 0.676. The van der Waals surface area contributed by atoms with Crippen molar-refractivity contribution in [3.8, 4) is 11.5 Å². The molecule has 0 unspecified atom stereocenters. The van der Waals surface area contributed by atoms with Gasteiger partial charge in [0, 0.05) is 15.7 Å². The van der Waals surface area contributed by atoms with E-state index in [4.69, 9.17) is 10.5 Å². The molecule has 0 aromatic heterocycles. The fraction of sp³-hybridized carbons (Fsp3) is 0.133. The summed E-state index contributed by atoms with van der Waals surface area (Å²) in [6.07, 6.45) is 0. The normalized spacial score (nSPS) is 10.3. The summed E-state index contributed by atoms with van der Waals surface area (Å²) in [7, 11) is 0. The summed E-state index contributed by atoms with van der Waals surface area (Å²) in [5.41, 5.74) is 7.71. The number of rotatable bonds is 3. The number of anilines is 1. The highest BCUT2D eigenvalue weighted by Gasteiger charge is 2.08. The lowest BCUT2D eigenvalue weighted by Gasteiger charge is -2.11. The summed E-state index contributed by atoms with van der Waals surface area (Å²) in [6.45, 7) is 3.45. The first-order chi connectivity index (χ1) is 8.97. The second kappa shape index (κ2) is 5.45. The van der Waals surface area contributed by atoms with Crippen LogP contribution in [0.3, 0.4) is 0 Å². The van der Waals surface area contributed by atoms with Crippen molar-refractivity contribution in [3.63, 3.8) is 0 Å². The van der Waals surface area contributed by atoms with Gasteiger partial charge < -0.3 is 10.5 Å². The third-order valence-electron chi connectivity index (χ3n) is 2.78. The van der Waals surface area contributed by atoms with Crippen LogP contribution in [0, 0.1) is 6.92 Å². The van der Waals surface area contributed by atoms with Crippen molar-refractivity contribution in [1.82, 2.24) is 0 Å². The van der Waals surface area contributed by atoms with Gasteiger partial charge in [-0.3, -0.25) is 4.79 Å². The van der Waals surface area contributed by atoms with Gasteiger partial charge in [-0.2, -0.15) is 0 Å². The molecule has 4 heteroatoms. The number of ketones is 1. The Hall–Kier alpha value is -1.81. The number of carbonyl (C=O) groups excluding carboxylic acids is 1. The van der Waals surface area contributed by atoms with Crippen molar-refractivity contribution in [1.29, 1.82) is 0 Å². The van der Waals surface area contributed by atoms with Crippen LogP contribution in [-0.2, 0) is 0 Å². The lowest BCUT2D eigenvalue weighted by molar-refractivity contribution is 0.101. The van der Waals surface area contributed by atoms with Crippen LogP contribution >= 0.6 is 15.9 Å². The molecule has 2 N–H and O–H groups in total. The van der Waals surface area contributed by atoms with Crippen LogP contribution in [0.15, 0.2) is 40.9 Å². The minimum Gasteiger partial charge on any atom is -0.457 e. The van der Waals surface area contributed by atoms with Crippen LogP contribution in [-0.4, -0.2) is 5.78 Å². The van der Waals surface area contributed by atoms with Crippen LogP contribution in [0.25, 0.3) is 0 Å². The molecule has 2 aromatic carbocycles. The fourth-order valence-corrected chi connectivity index (χ4v) is 2.05. The maximum Gasteiger partial charge on any atom is 0.162 e. The predicted molar refractivity (Wildman–Crippen MR) is 79.8 cm³/mol. The Kier molecular flexibility index (Phi) is 3.90. The molecular weight excluding hydrogens is 306 g/mol. The highest BCUT2D eigenvalue weighted by molar-refractivity contribution is 9.10. The molecule has 0 radical (unpaired) electrons. The van der Waals surface area contributed by atoms with Crippen LogP contribution < -0.4 is 10.5 Å². The van der Waals surface area contributed by atoms with E-state index in [0.29, 0.717) is 17.0 Å². The lowest BCUT2D eigenvalue weighted by Crippen LogP contribution is -2.00. The SMILES string of the molecule is CC(=O)c1cc(Oc2cc(Br)ccc2C)ccc1N. The van der Waals surface area contributed by atoms with E-state index in [1.807, 2.05) is 25.1 Å². The third-order valence-corrected chi connectivity index (χ3v) is 3.28. The van der Waals surface area contributed by atoms with Crippen LogP contribution in [0.2, 0.25) is 0 Å². The number of ether oxygens (including phenoxy) is 1. The molecule has 3 nitrogen and oxygen atoms in total. The molecule has 0 saturated heterocycles. The number of aryl methyl sites for hydroxylation is 1. The van der Waals surface area contributed by atoms with Crippen molar-refractivity contribution in [2.24, 2.45) is 0 Å². The number of hydrogen-bond acceptors (Lipinski definition) is 3. The molecule has 98 valence electrons. The number of nitrogen functional groups attached to an aromatic ring is 1. The highest BCUT2D eigenvalue weighted by atomic mass is 79.9. The lowest BCUT2D eigenvalue weighted by atomic mass is 10.1. The maximum absolute atomic E-state index is 11.4. The summed E-state index contributed by atoms with van der Waals surface area (Å²) in [5.74, 6) is 1.27. The minimum atomic E-state index is -0.0751. The largest absolute Gasteiger partial charge is 0.457 e. The number of nitrogens with two attached hydrogens (primary N) is 1. The fourth-order valence-electron chi connectivity index (χ4n) is 1.71. The molecule has 19 heavy (non-hydrogen) atoms. The van der Waals surface area contributed by atoms with Gasteiger partial charge in [-0.25, -0.2) is 0 Å². The van der Waals surface area contributed by atoms with E-state index >= 15 is 0 Å². The Bertz CT molecular complexity index is 638. The first kappa shape index (κ1) is 13.6. The maximum atomic E-state index is 11.4. The van der Waals surface area contributed by atoms with Gasteiger partial charge in [-0.15, -0.1) is 0 Å². The van der Waals surface area contributed by atoms with Crippen LogP contribution in [0.4, 0.5) is 5.69 Å². The Morgan fingerprint density at radius 3 is 2.63 bits per heavy atom. The van der Waals surface area contributed by atoms with Gasteiger partial charge in [0.1, 0.15) is 11.5 Å². The van der Waals surface area contributed by atoms with Gasteiger partial charge in [-0.1, -0.05) is 22.0 Å². The zero-order valence-corrected chi connectivity index (χ0v) is 12.3. The number of carbonyl (C=O) groups is 1. The van der Waals surface area contributed by atoms with E-state index in [2.05, 4.69) is 15.9 Å². The van der Waals surface area contributed by atoms with E-state index in [0.717, 1.165) is 15.8 Å². The summed E-state index contributed by atoms with van der Waals surface area (Å²) >= 11 is 3.40. The van der Waals surface area contributed by atoms with E-state index in [9.17, 15) is 4.79 Å². The van der Waals surface area contributed by atoms with Crippen molar-refractivity contribution >= 4 is 27.4 Å². The van der Waals surface area contributed by atoms with Gasteiger partial charge in [0.15, 0.2) is 5.78 Å². The zero-order valence-electron chi connectivity index (χ0n) is 10.7. The molecular formula is C15H14BrNO2. The number of Topliss-reactive ketones (excluding diaryl/α,β-unsaturated/α-hetero) is 1. The van der Waals surface area contributed by atoms with E-state index in [-0.39, 0.29) is 5.78 Å². The molecule has 0 aliphatic carbocycles. The average molecular weight is 320 g/mol. The smallest absolute Gasteiger partial charge is 0.162 e. The Morgan fingerprint density at radius 2 is 1.95 bits per heavy atom. The second-order valence-corrected chi connectivity index (χ2v) is 5.23. The molecule has 0 aliphatic rings. The molecule has 0 amide bonds. The molecule has 0 atom stereocenters. The van der Waals surface area contributed by atoms with Crippen molar-refractivity contribution < 1.29 is 9.53 Å². The van der Waals surface area contributed by atoms with Gasteiger partial charge in [-0.05, 0) is 49.7 Å². The van der Waals surface area contributed by atoms with Gasteiger partial charge in [0.2, 0.25) is 0 Å². The Balaban J connectivity index is 2.36. The third kappa shape index (κ3) is 3.15. The number of halogens is 1. The first-order valence-electron chi connectivity index (χ1n) is 5.82. The van der Waals surface area contributed by atoms with Gasteiger partial charge in [0.05, 0.1) is 0 Å². The summed E-state index contributed by atoms with van der Waals surface area (Å²) in [4.78, 5) is 11.4. The average Bonchev–Trinajstić information content (AvgIpc) is 2.36. The summed E-state index contributed by atoms with van der Waals surface area (Å²) in [6, 6.07) is 10.9. The Morgan fingerprint density at radius 1 is 1.21 bits per heavy atom. The van der Waals surface area contributed by atoms with Crippen molar-refractivity contribution in [3.05, 3.63) is 52.0 Å².